The number of amides is 1. The number of aliphatic imine (C=N–C) groups is 1. The van der Waals surface area contributed by atoms with E-state index in [9.17, 15) is 10.1 Å². The van der Waals surface area contributed by atoms with Gasteiger partial charge in [-0.15, -0.1) is 11.3 Å². The van der Waals surface area contributed by atoms with Crippen LogP contribution in [-0.4, -0.2) is 15.6 Å². The molecule has 5 nitrogen and oxygen atoms in total. The third kappa shape index (κ3) is 4.04. The van der Waals surface area contributed by atoms with Gasteiger partial charge in [0.2, 0.25) is 0 Å². The summed E-state index contributed by atoms with van der Waals surface area (Å²) in [5.41, 5.74) is 6.80. The highest BCUT2D eigenvalue weighted by atomic mass is 32.2. The van der Waals surface area contributed by atoms with Gasteiger partial charge in [-0.05, 0) is 86.8 Å². The van der Waals surface area contributed by atoms with E-state index in [1.807, 2.05) is 45.9 Å². The molecule has 162 valence electrons. The highest BCUT2D eigenvalue weighted by molar-refractivity contribution is 8.18. The molecule has 3 heterocycles. The maximum atomic E-state index is 12.6. The van der Waals surface area contributed by atoms with Gasteiger partial charge in [-0.2, -0.15) is 5.26 Å². The first-order valence-corrected chi connectivity index (χ1v) is 12.0. The van der Waals surface area contributed by atoms with Gasteiger partial charge in [0, 0.05) is 16.3 Å². The summed E-state index contributed by atoms with van der Waals surface area (Å²) in [6.45, 7) is 10.2. The number of thiophene rings is 1. The van der Waals surface area contributed by atoms with E-state index >= 15 is 0 Å². The summed E-state index contributed by atoms with van der Waals surface area (Å²) in [6, 6.07) is 12.4. The SMILES string of the molecule is CCc1ccc(N=C2NC(=O)C(=Cc3cc(C)n(-c4sc(C)c(C)c4C#N)c3C)S2)cc1. The minimum Gasteiger partial charge on any atom is -0.308 e. The van der Waals surface area contributed by atoms with Gasteiger partial charge in [-0.25, -0.2) is 4.99 Å². The minimum atomic E-state index is -0.149. The number of aromatic nitrogens is 1. The van der Waals surface area contributed by atoms with Crippen molar-refractivity contribution in [3.8, 4) is 11.1 Å². The van der Waals surface area contributed by atoms with Crippen LogP contribution in [0.15, 0.2) is 40.2 Å². The zero-order valence-electron chi connectivity index (χ0n) is 18.7. The van der Waals surface area contributed by atoms with E-state index in [1.165, 1.54) is 17.3 Å². The second kappa shape index (κ2) is 8.81. The van der Waals surface area contributed by atoms with Crippen LogP contribution in [0.5, 0.6) is 0 Å². The lowest BCUT2D eigenvalue weighted by atomic mass is 10.2. The number of carbonyl (C=O) groups is 1. The Kier molecular flexibility index (Phi) is 6.09. The summed E-state index contributed by atoms with van der Waals surface area (Å²) >= 11 is 2.97. The normalized spacial score (nSPS) is 16.1. The number of nitrogens with zero attached hydrogens (tertiary/aromatic N) is 3. The molecule has 0 aliphatic carbocycles. The summed E-state index contributed by atoms with van der Waals surface area (Å²) < 4.78 is 2.11. The van der Waals surface area contributed by atoms with Crippen LogP contribution in [0.1, 0.15) is 45.4 Å². The molecule has 0 atom stereocenters. The standard InChI is InChI=1S/C25H24N4OS2/c1-6-18-7-9-20(10-8-18)27-25-28-23(30)22(32-25)12-19-11-14(2)29(16(19)4)24-21(13-26)15(3)17(5)31-24/h7-12H,6H2,1-5H3,(H,27,28,30). The molecule has 1 aliphatic rings. The number of thioether (sulfide) groups is 1. The van der Waals surface area contributed by atoms with Crippen LogP contribution in [-0.2, 0) is 11.2 Å². The first-order chi connectivity index (χ1) is 15.3. The molecule has 2 aromatic heterocycles. The summed E-state index contributed by atoms with van der Waals surface area (Å²) in [5, 5.41) is 14.0. The number of hydrogen-bond donors (Lipinski definition) is 1. The minimum absolute atomic E-state index is 0.149. The molecule has 0 saturated carbocycles. The summed E-state index contributed by atoms with van der Waals surface area (Å²) in [5.74, 6) is -0.149. The average Bonchev–Trinajstić information content (AvgIpc) is 3.35. The Labute approximate surface area is 196 Å². The number of rotatable bonds is 4. The van der Waals surface area contributed by atoms with Crippen molar-refractivity contribution in [2.75, 3.05) is 0 Å². The smallest absolute Gasteiger partial charge is 0.264 e. The molecular weight excluding hydrogens is 436 g/mol. The van der Waals surface area contributed by atoms with Crippen molar-refractivity contribution < 1.29 is 4.79 Å². The van der Waals surface area contributed by atoms with Gasteiger partial charge >= 0.3 is 0 Å². The van der Waals surface area contributed by atoms with E-state index in [0.29, 0.717) is 15.6 Å². The molecule has 3 aromatic rings. The number of benzene rings is 1. The number of amidine groups is 1. The molecule has 1 fully saturated rings. The molecule has 1 N–H and O–H groups in total. The Balaban J connectivity index is 1.66. The van der Waals surface area contributed by atoms with Gasteiger partial charge in [-0.1, -0.05) is 19.1 Å². The maximum absolute atomic E-state index is 12.6. The fraction of sp³-hybridized carbons (Fsp3) is 0.240. The number of aryl methyl sites for hydroxylation is 3. The van der Waals surface area contributed by atoms with Crippen LogP contribution in [0.3, 0.4) is 0 Å². The molecule has 7 heteroatoms. The third-order valence-corrected chi connectivity index (χ3v) is 7.77. The number of carbonyl (C=O) groups excluding carboxylic acids is 1. The van der Waals surface area contributed by atoms with Gasteiger partial charge in [0.1, 0.15) is 11.1 Å². The van der Waals surface area contributed by atoms with Crippen LogP contribution in [0.4, 0.5) is 5.69 Å². The van der Waals surface area contributed by atoms with E-state index in [1.54, 1.807) is 11.3 Å². The van der Waals surface area contributed by atoms with E-state index in [2.05, 4.69) is 46.1 Å². The number of nitrogens with one attached hydrogen (secondary N) is 1. The second-order valence-corrected chi connectivity index (χ2v) is 9.97. The molecule has 0 bridgehead atoms. The van der Waals surface area contributed by atoms with Gasteiger partial charge < -0.3 is 9.88 Å². The van der Waals surface area contributed by atoms with Crippen molar-refractivity contribution in [3.63, 3.8) is 0 Å². The van der Waals surface area contributed by atoms with Crippen molar-refractivity contribution in [1.29, 1.82) is 5.26 Å². The van der Waals surface area contributed by atoms with Gasteiger partial charge in [0.15, 0.2) is 5.17 Å². The number of nitriles is 1. The molecule has 1 saturated heterocycles. The van der Waals surface area contributed by atoms with Crippen LogP contribution in [0.2, 0.25) is 0 Å². The van der Waals surface area contributed by atoms with E-state index < -0.39 is 0 Å². The molecule has 1 amide bonds. The van der Waals surface area contributed by atoms with Gasteiger partial charge in [0.05, 0.1) is 16.2 Å². The highest BCUT2D eigenvalue weighted by Gasteiger charge is 2.25. The first-order valence-electron chi connectivity index (χ1n) is 10.4. The topological polar surface area (TPSA) is 70.2 Å². The lowest BCUT2D eigenvalue weighted by Gasteiger charge is -2.07. The molecule has 4 rings (SSSR count). The summed E-state index contributed by atoms with van der Waals surface area (Å²) in [6.07, 6.45) is 2.88. The quantitative estimate of drug-likeness (QED) is 0.478. The highest BCUT2D eigenvalue weighted by Crippen LogP contribution is 2.35. The molecular formula is C25H24N4OS2. The van der Waals surface area contributed by atoms with E-state index in [0.717, 1.165) is 44.5 Å². The Morgan fingerprint density at radius 1 is 1.19 bits per heavy atom. The largest absolute Gasteiger partial charge is 0.308 e. The molecule has 1 aliphatic heterocycles. The van der Waals surface area contributed by atoms with Crippen molar-refractivity contribution in [3.05, 3.63) is 73.8 Å². The fourth-order valence-electron chi connectivity index (χ4n) is 3.69. The van der Waals surface area contributed by atoms with Crippen molar-refractivity contribution >= 4 is 45.9 Å². The van der Waals surface area contributed by atoms with Gasteiger partial charge in [-0.3, -0.25) is 4.79 Å². The van der Waals surface area contributed by atoms with Crippen LogP contribution in [0.25, 0.3) is 11.1 Å². The van der Waals surface area contributed by atoms with Crippen molar-refractivity contribution in [2.24, 2.45) is 4.99 Å². The molecule has 0 unspecified atom stereocenters. The maximum Gasteiger partial charge on any atom is 0.264 e. The van der Waals surface area contributed by atoms with Crippen molar-refractivity contribution in [1.82, 2.24) is 9.88 Å². The molecule has 32 heavy (non-hydrogen) atoms. The third-order valence-electron chi connectivity index (χ3n) is 5.66. The van der Waals surface area contributed by atoms with Gasteiger partial charge in [0.25, 0.3) is 5.91 Å². The second-order valence-electron chi connectivity index (χ2n) is 7.74. The summed E-state index contributed by atoms with van der Waals surface area (Å²) in [4.78, 5) is 18.9. The van der Waals surface area contributed by atoms with Crippen LogP contribution >= 0.6 is 23.1 Å². The molecule has 0 spiro atoms. The summed E-state index contributed by atoms with van der Waals surface area (Å²) in [7, 11) is 0. The van der Waals surface area contributed by atoms with E-state index in [-0.39, 0.29) is 5.91 Å². The Hall–Kier alpha value is -3.08. The molecule has 1 aromatic carbocycles. The number of hydrogen-bond acceptors (Lipinski definition) is 5. The van der Waals surface area contributed by atoms with E-state index in [4.69, 9.17) is 0 Å². The lowest BCUT2D eigenvalue weighted by molar-refractivity contribution is -0.115. The predicted molar refractivity (Wildman–Crippen MR) is 134 cm³/mol. The fourth-order valence-corrected chi connectivity index (χ4v) is 5.74. The first kappa shape index (κ1) is 22.1. The Morgan fingerprint density at radius 2 is 1.91 bits per heavy atom. The zero-order valence-corrected chi connectivity index (χ0v) is 20.4. The lowest BCUT2D eigenvalue weighted by Crippen LogP contribution is -2.19. The zero-order chi connectivity index (χ0) is 23.0. The monoisotopic (exact) mass is 460 g/mol. The Morgan fingerprint density at radius 3 is 2.56 bits per heavy atom. The molecule has 0 radical (unpaired) electrons. The van der Waals surface area contributed by atoms with Crippen molar-refractivity contribution in [2.45, 2.75) is 41.0 Å². The Bertz CT molecular complexity index is 1320. The van der Waals surface area contributed by atoms with Crippen LogP contribution in [0, 0.1) is 39.0 Å². The predicted octanol–water partition coefficient (Wildman–Crippen LogP) is 6.10. The van der Waals surface area contributed by atoms with Crippen LogP contribution < -0.4 is 5.32 Å². The average molecular weight is 461 g/mol.